The van der Waals surface area contributed by atoms with Gasteiger partial charge in [0.1, 0.15) is 10.1 Å². The van der Waals surface area contributed by atoms with Crippen LogP contribution in [0.5, 0.6) is 5.75 Å². The molecule has 0 aliphatic heterocycles. The first-order chi connectivity index (χ1) is 6.79. The molecule has 5 nitrogen and oxygen atoms in total. The first-order valence-electron chi connectivity index (χ1n) is 3.94. The largest absolute Gasteiger partial charge is 0.744 e. The third-order valence-corrected chi connectivity index (χ3v) is 3.47. The number of quaternary nitrogens is 1. The van der Waals surface area contributed by atoms with E-state index >= 15 is 0 Å². The lowest BCUT2D eigenvalue weighted by Gasteiger charge is -2.13. The fraction of sp³-hybridized carbons (Fsp3) is 0.250. The van der Waals surface area contributed by atoms with E-state index in [-0.39, 0.29) is 16.2 Å². The van der Waals surface area contributed by atoms with Gasteiger partial charge in [0, 0.05) is 5.02 Å². The molecule has 0 unspecified atom stereocenters. The molecule has 5 N–H and O–H groups in total. The second-order valence-corrected chi connectivity index (χ2v) is 4.94. The highest BCUT2D eigenvalue weighted by Crippen LogP contribution is 2.38. The van der Waals surface area contributed by atoms with E-state index in [4.69, 9.17) is 23.2 Å². The normalized spacial score (nSPS) is 11.0. The Morgan fingerprint density at radius 2 is 1.94 bits per heavy atom. The lowest BCUT2D eigenvalue weighted by atomic mass is 10.1. The number of hydrogen-bond acceptors (Lipinski definition) is 4. The van der Waals surface area contributed by atoms with Crippen molar-refractivity contribution in [3.8, 4) is 5.75 Å². The molecule has 92 valence electrons. The summed E-state index contributed by atoms with van der Waals surface area (Å²) >= 11 is 11.4. The van der Waals surface area contributed by atoms with Crippen LogP contribution in [0.4, 0.5) is 0 Å². The van der Waals surface area contributed by atoms with E-state index in [1.165, 1.54) is 0 Å². The summed E-state index contributed by atoms with van der Waals surface area (Å²) in [6.07, 6.45) is 0.421. The number of benzene rings is 1. The summed E-state index contributed by atoms with van der Waals surface area (Å²) in [4.78, 5) is -0.797. The number of hydrogen-bond donors (Lipinski definition) is 2. The van der Waals surface area contributed by atoms with Crippen molar-refractivity contribution in [3.63, 3.8) is 0 Å². The number of rotatable bonds is 2. The van der Waals surface area contributed by atoms with E-state index in [1.54, 1.807) is 6.92 Å². The summed E-state index contributed by atoms with van der Waals surface area (Å²) in [6, 6.07) is 0.907. The van der Waals surface area contributed by atoms with Crippen LogP contribution in [0.1, 0.15) is 12.5 Å². The molecule has 1 rings (SSSR count). The Morgan fingerprint density at radius 3 is 2.31 bits per heavy atom. The Balaban J connectivity index is 0.00000225. The molecule has 0 spiro atoms. The lowest BCUT2D eigenvalue weighted by Crippen LogP contribution is -2.01. The fourth-order valence-electron chi connectivity index (χ4n) is 1.14. The molecule has 0 aliphatic carbocycles. The van der Waals surface area contributed by atoms with Crippen LogP contribution >= 0.6 is 23.2 Å². The third kappa shape index (κ3) is 2.78. The van der Waals surface area contributed by atoms with Crippen LogP contribution in [0.3, 0.4) is 0 Å². The minimum atomic E-state index is -4.77. The molecule has 0 aromatic heterocycles. The van der Waals surface area contributed by atoms with Crippen LogP contribution < -0.4 is 6.15 Å². The zero-order valence-electron chi connectivity index (χ0n) is 8.62. The summed E-state index contributed by atoms with van der Waals surface area (Å²) in [7, 11) is -4.77. The summed E-state index contributed by atoms with van der Waals surface area (Å²) in [5.41, 5.74) is 0.406. The summed E-state index contributed by atoms with van der Waals surface area (Å²) < 4.78 is 32.2. The van der Waals surface area contributed by atoms with Crippen molar-refractivity contribution in [2.45, 2.75) is 18.2 Å². The maximum atomic E-state index is 10.7. The van der Waals surface area contributed by atoms with E-state index in [9.17, 15) is 18.1 Å². The molecule has 0 fully saturated rings. The SMILES string of the molecule is CCc1c(Cl)cc(S(=O)(=O)[O-])c(O)c1Cl.[NH4+]. The standard InChI is InChI=1S/C8H8Cl2O4S.H3N/c1-2-4-5(9)3-6(15(12,13)14)8(11)7(4)10;/h3,11H,2H2,1H3,(H,12,13,14);1H3. The maximum Gasteiger partial charge on any atom is 0.152 e. The van der Waals surface area contributed by atoms with Gasteiger partial charge >= 0.3 is 0 Å². The molecule has 16 heavy (non-hydrogen) atoms. The number of phenolic OH excluding ortho intramolecular Hbond substituents is 1. The first kappa shape index (κ1) is 15.5. The van der Waals surface area contributed by atoms with Crippen molar-refractivity contribution >= 4 is 33.3 Å². The monoisotopic (exact) mass is 287 g/mol. The van der Waals surface area contributed by atoms with Crippen molar-refractivity contribution in [2.24, 2.45) is 0 Å². The molecule has 0 atom stereocenters. The van der Waals surface area contributed by atoms with Gasteiger partial charge in [-0.3, -0.25) is 0 Å². The zero-order valence-corrected chi connectivity index (χ0v) is 10.9. The average Bonchev–Trinajstić information content (AvgIpc) is 2.10. The van der Waals surface area contributed by atoms with Crippen LogP contribution in [0.15, 0.2) is 11.0 Å². The molecule has 0 radical (unpaired) electrons. The maximum absolute atomic E-state index is 10.7. The summed E-state index contributed by atoms with van der Waals surface area (Å²) in [5, 5.41) is 9.26. The lowest BCUT2D eigenvalue weighted by molar-refractivity contribution is 0.435. The van der Waals surface area contributed by atoms with Gasteiger partial charge < -0.3 is 15.8 Å². The molecule has 0 heterocycles. The van der Waals surface area contributed by atoms with Gasteiger partial charge in [0.2, 0.25) is 0 Å². The van der Waals surface area contributed by atoms with Crippen molar-refractivity contribution in [1.82, 2.24) is 6.15 Å². The van der Waals surface area contributed by atoms with Gasteiger partial charge in [0.15, 0.2) is 5.75 Å². The van der Waals surface area contributed by atoms with Gasteiger partial charge in [-0.15, -0.1) is 0 Å². The Bertz CT molecular complexity index is 501. The van der Waals surface area contributed by atoms with E-state index in [1.807, 2.05) is 0 Å². The molecule has 0 amide bonds. The van der Waals surface area contributed by atoms with Crippen LogP contribution in [-0.4, -0.2) is 18.1 Å². The number of phenols is 1. The van der Waals surface area contributed by atoms with Gasteiger partial charge in [0.05, 0.1) is 9.92 Å². The van der Waals surface area contributed by atoms with E-state index < -0.39 is 20.8 Å². The molecular formula is C8H11Cl2NO4S. The van der Waals surface area contributed by atoms with Crippen molar-refractivity contribution < 1.29 is 18.1 Å². The molecular weight excluding hydrogens is 277 g/mol. The Hall–Kier alpha value is -0.530. The van der Waals surface area contributed by atoms with E-state index in [2.05, 4.69) is 0 Å². The fourth-order valence-corrected chi connectivity index (χ4v) is 2.59. The van der Waals surface area contributed by atoms with Crippen LogP contribution in [0.2, 0.25) is 10.0 Å². The quantitative estimate of drug-likeness (QED) is 0.813. The summed E-state index contributed by atoms with van der Waals surface area (Å²) in [5.74, 6) is -0.743. The second-order valence-electron chi connectivity index (χ2n) is 2.81. The molecule has 0 bridgehead atoms. The van der Waals surface area contributed by atoms with E-state index in [0.717, 1.165) is 6.07 Å². The molecule has 1 aromatic rings. The Kier molecular flexibility index (Phi) is 5.03. The number of halogens is 2. The smallest absolute Gasteiger partial charge is 0.152 e. The van der Waals surface area contributed by atoms with E-state index in [0.29, 0.717) is 12.0 Å². The van der Waals surface area contributed by atoms with Gasteiger partial charge in [-0.25, -0.2) is 8.42 Å². The molecule has 8 heteroatoms. The van der Waals surface area contributed by atoms with Crippen LogP contribution in [0.25, 0.3) is 0 Å². The highest BCUT2D eigenvalue weighted by molar-refractivity contribution is 7.85. The van der Waals surface area contributed by atoms with Crippen molar-refractivity contribution in [1.29, 1.82) is 0 Å². The van der Waals surface area contributed by atoms with Crippen molar-refractivity contribution in [3.05, 3.63) is 21.7 Å². The Labute approximate surface area is 103 Å². The van der Waals surface area contributed by atoms with Crippen LogP contribution in [0, 0.1) is 0 Å². The van der Waals surface area contributed by atoms with Gasteiger partial charge in [0.25, 0.3) is 0 Å². The zero-order chi connectivity index (χ0) is 11.8. The predicted octanol–water partition coefficient (Wildman–Crippen LogP) is 2.54. The highest BCUT2D eigenvalue weighted by Gasteiger charge is 2.17. The predicted molar refractivity (Wildman–Crippen MR) is 61.5 cm³/mol. The van der Waals surface area contributed by atoms with Gasteiger partial charge in [-0.2, -0.15) is 0 Å². The Morgan fingerprint density at radius 1 is 1.44 bits per heavy atom. The second kappa shape index (κ2) is 5.20. The van der Waals surface area contributed by atoms with Crippen LogP contribution in [-0.2, 0) is 16.5 Å². The molecule has 0 saturated heterocycles. The molecule has 1 aromatic carbocycles. The third-order valence-electron chi connectivity index (χ3n) is 1.88. The number of aromatic hydroxyl groups is 1. The topological polar surface area (TPSA) is 114 Å². The highest BCUT2D eigenvalue weighted by atomic mass is 35.5. The minimum absolute atomic E-state index is 0. The molecule has 0 aliphatic rings. The van der Waals surface area contributed by atoms with Gasteiger partial charge in [-0.05, 0) is 18.1 Å². The first-order valence-corrected chi connectivity index (χ1v) is 6.11. The van der Waals surface area contributed by atoms with Crippen molar-refractivity contribution in [2.75, 3.05) is 0 Å². The minimum Gasteiger partial charge on any atom is -0.744 e. The average molecular weight is 288 g/mol. The molecule has 0 saturated carbocycles. The van der Waals surface area contributed by atoms with Gasteiger partial charge in [-0.1, -0.05) is 30.1 Å². The summed E-state index contributed by atoms with van der Waals surface area (Å²) in [6.45, 7) is 1.73.